The molecule has 5 atom stereocenters. The number of hydrogen-bond donors (Lipinski definition) is 0. The van der Waals surface area contributed by atoms with Crippen LogP contribution in [-0.4, -0.2) is 54.9 Å². The third-order valence-corrected chi connectivity index (χ3v) is 3.70. The summed E-state index contributed by atoms with van der Waals surface area (Å²) in [4.78, 5) is 11.0. The Morgan fingerprint density at radius 2 is 1.52 bits per heavy atom. The summed E-state index contributed by atoms with van der Waals surface area (Å²) in [5.41, 5.74) is 0. The molecule has 3 rings (SSSR count). The summed E-state index contributed by atoms with van der Waals surface area (Å²) in [6, 6.07) is 0. The largest absolute Gasteiger partial charge is 0.463 e. The lowest BCUT2D eigenvalue weighted by atomic mass is 9.99. The van der Waals surface area contributed by atoms with Crippen molar-refractivity contribution in [3.8, 4) is 0 Å². The number of fused-ring (bicyclic) bond motifs is 3. The molecule has 0 bridgehead atoms. The van der Waals surface area contributed by atoms with Crippen LogP contribution in [0.25, 0.3) is 0 Å². The number of hydrogen-bond acceptors (Lipinski definition) is 7. The van der Waals surface area contributed by atoms with Gasteiger partial charge in [0.2, 0.25) is 0 Å². The van der Waals surface area contributed by atoms with Gasteiger partial charge in [-0.05, 0) is 27.7 Å². The molecule has 0 saturated carbocycles. The van der Waals surface area contributed by atoms with Crippen LogP contribution in [0.3, 0.4) is 0 Å². The normalized spacial score (nSPS) is 43.2. The summed E-state index contributed by atoms with van der Waals surface area (Å²) >= 11 is 0. The van der Waals surface area contributed by atoms with Crippen LogP contribution in [0.4, 0.5) is 0 Å². The zero-order valence-electron chi connectivity index (χ0n) is 13.0. The van der Waals surface area contributed by atoms with Crippen LogP contribution in [0.5, 0.6) is 0 Å². The minimum Gasteiger partial charge on any atom is -0.463 e. The van der Waals surface area contributed by atoms with Crippen molar-refractivity contribution in [2.45, 2.75) is 76.9 Å². The lowest BCUT2D eigenvalue weighted by molar-refractivity contribution is -0.242. The van der Waals surface area contributed by atoms with Crippen molar-refractivity contribution in [3.63, 3.8) is 0 Å². The Morgan fingerprint density at radius 3 is 2.19 bits per heavy atom. The molecule has 7 nitrogen and oxygen atoms in total. The Balaban J connectivity index is 1.80. The van der Waals surface area contributed by atoms with Gasteiger partial charge in [0, 0.05) is 6.92 Å². The van der Waals surface area contributed by atoms with E-state index in [1.165, 1.54) is 6.92 Å². The lowest BCUT2D eigenvalue weighted by Crippen LogP contribution is -2.56. The van der Waals surface area contributed by atoms with Gasteiger partial charge in [-0.1, -0.05) is 0 Å². The summed E-state index contributed by atoms with van der Waals surface area (Å²) in [5, 5.41) is 0. The summed E-state index contributed by atoms with van der Waals surface area (Å²) in [5.74, 6) is -1.84. The summed E-state index contributed by atoms with van der Waals surface area (Å²) < 4.78 is 34.4. The predicted octanol–water partition coefficient (Wildman–Crippen LogP) is 0.946. The molecule has 21 heavy (non-hydrogen) atoms. The van der Waals surface area contributed by atoms with Crippen molar-refractivity contribution < 1.29 is 33.2 Å². The molecule has 0 N–H and O–H groups in total. The van der Waals surface area contributed by atoms with Crippen molar-refractivity contribution in [2.24, 2.45) is 0 Å². The second-order valence-electron chi connectivity index (χ2n) is 6.51. The number of esters is 1. The van der Waals surface area contributed by atoms with Gasteiger partial charge in [0.15, 0.2) is 17.9 Å². The van der Waals surface area contributed by atoms with Crippen LogP contribution >= 0.6 is 0 Å². The van der Waals surface area contributed by atoms with Gasteiger partial charge in [-0.2, -0.15) is 0 Å². The van der Waals surface area contributed by atoms with Crippen LogP contribution in [0.2, 0.25) is 0 Å². The molecule has 0 aliphatic carbocycles. The molecule has 0 aromatic heterocycles. The van der Waals surface area contributed by atoms with Crippen LogP contribution in [0, 0.1) is 0 Å². The third kappa shape index (κ3) is 2.93. The third-order valence-electron chi connectivity index (χ3n) is 3.70. The van der Waals surface area contributed by atoms with Gasteiger partial charge in [-0.15, -0.1) is 0 Å². The molecule has 0 spiro atoms. The zero-order valence-corrected chi connectivity index (χ0v) is 13.0. The van der Waals surface area contributed by atoms with Crippen LogP contribution < -0.4 is 0 Å². The molecule has 3 saturated heterocycles. The number of rotatable bonds is 2. The summed E-state index contributed by atoms with van der Waals surface area (Å²) in [6.45, 7) is 8.78. The van der Waals surface area contributed by atoms with Crippen molar-refractivity contribution in [1.82, 2.24) is 0 Å². The number of carbonyl (C=O) groups excluding carboxylic acids is 1. The van der Waals surface area contributed by atoms with E-state index in [-0.39, 0.29) is 30.9 Å². The fourth-order valence-corrected chi connectivity index (χ4v) is 3.03. The van der Waals surface area contributed by atoms with E-state index in [0.717, 1.165) is 0 Å². The van der Waals surface area contributed by atoms with Gasteiger partial charge >= 0.3 is 5.97 Å². The topological polar surface area (TPSA) is 72.5 Å². The first-order valence-electron chi connectivity index (χ1n) is 7.17. The van der Waals surface area contributed by atoms with Gasteiger partial charge in [0.25, 0.3) is 0 Å². The maximum atomic E-state index is 11.0. The Morgan fingerprint density at radius 1 is 0.952 bits per heavy atom. The van der Waals surface area contributed by atoms with Gasteiger partial charge < -0.3 is 28.4 Å². The first-order valence-corrected chi connectivity index (χ1v) is 7.17. The molecular formula is C14H22O7. The maximum absolute atomic E-state index is 11.0. The van der Waals surface area contributed by atoms with Gasteiger partial charge in [-0.25, -0.2) is 0 Å². The second kappa shape index (κ2) is 4.89. The van der Waals surface area contributed by atoms with E-state index in [9.17, 15) is 4.79 Å². The highest BCUT2D eigenvalue weighted by Gasteiger charge is 2.60. The minimum atomic E-state index is -0.744. The minimum absolute atomic E-state index is 0.100. The average molecular weight is 302 g/mol. The van der Waals surface area contributed by atoms with Crippen molar-refractivity contribution >= 4 is 5.97 Å². The lowest BCUT2D eigenvalue weighted by Gasteiger charge is -2.36. The highest BCUT2D eigenvalue weighted by atomic mass is 16.9. The van der Waals surface area contributed by atoms with Gasteiger partial charge in [0.05, 0.1) is 0 Å². The van der Waals surface area contributed by atoms with Crippen LogP contribution in [0.15, 0.2) is 0 Å². The van der Waals surface area contributed by atoms with E-state index < -0.39 is 24.0 Å². The highest BCUT2D eigenvalue weighted by Crippen LogP contribution is 2.44. The van der Waals surface area contributed by atoms with Crippen molar-refractivity contribution in [1.29, 1.82) is 0 Å². The molecule has 5 unspecified atom stereocenters. The fourth-order valence-electron chi connectivity index (χ4n) is 3.03. The first-order chi connectivity index (χ1) is 9.67. The average Bonchev–Trinajstić information content (AvgIpc) is 2.80. The molecule has 0 aromatic carbocycles. The molecule has 3 heterocycles. The van der Waals surface area contributed by atoms with E-state index in [2.05, 4.69) is 0 Å². The van der Waals surface area contributed by atoms with Crippen LogP contribution in [-0.2, 0) is 33.2 Å². The van der Waals surface area contributed by atoms with Crippen molar-refractivity contribution in [2.75, 3.05) is 6.61 Å². The molecule has 0 amide bonds. The molecule has 3 fully saturated rings. The van der Waals surface area contributed by atoms with E-state index in [0.29, 0.717) is 0 Å². The Hall–Kier alpha value is -0.730. The van der Waals surface area contributed by atoms with Crippen molar-refractivity contribution in [3.05, 3.63) is 0 Å². The van der Waals surface area contributed by atoms with Crippen LogP contribution in [0.1, 0.15) is 34.6 Å². The van der Waals surface area contributed by atoms with Gasteiger partial charge in [-0.3, -0.25) is 4.79 Å². The number of ether oxygens (including phenoxy) is 6. The molecule has 3 aliphatic heterocycles. The zero-order chi connectivity index (χ0) is 15.4. The second-order valence-corrected chi connectivity index (χ2v) is 6.51. The highest BCUT2D eigenvalue weighted by molar-refractivity contribution is 5.65. The SMILES string of the molecule is CC(=O)OCC1OC2OC(C)(C)OC2C2OC(C)(C)OC12. The monoisotopic (exact) mass is 302 g/mol. The molecular weight excluding hydrogens is 280 g/mol. The van der Waals surface area contributed by atoms with E-state index in [4.69, 9.17) is 28.4 Å². The smallest absolute Gasteiger partial charge is 0.302 e. The molecule has 120 valence electrons. The molecule has 7 heteroatoms. The number of carbonyl (C=O) groups is 1. The quantitative estimate of drug-likeness (QED) is 0.703. The summed E-state index contributed by atoms with van der Waals surface area (Å²) in [7, 11) is 0. The predicted molar refractivity (Wildman–Crippen MR) is 69.2 cm³/mol. The molecule has 0 radical (unpaired) electrons. The Bertz CT molecular complexity index is 433. The molecule has 0 aromatic rings. The Kier molecular flexibility index (Phi) is 3.53. The van der Waals surface area contributed by atoms with E-state index >= 15 is 0 Å². The standard InChI is InChI=1S/C14H22O7/c1-7(15)16-6-8-9-10(19-13(2,3)18-9)11-12(17-8)21-14(4,5)20-11/h8-12H,6H2,1-5H3. The summed E-state index contributed by atoms with van der Waals surface area (Å²) in [6.07, 6.45) is -2.04. The first kappa shape index (κ1) is 15.2. The van der Waals surface area contributed by atoms with E-state index in [1.807, 2.05) is 27.7 Å². The Labute approximate surface area is 123 Å². The van der Waals surface area contributed by atoms with Gasteiger partial charge in [0.1, 0.15) is 31.0 Å². The molecule has 3 aliphatic rings. The van der Waals surface area contributed by atoms with E-state index in [1.54, 1.807) is 0 Å². The fraction of sp³-hybridized carbons (Fsp3) is 0.929. The maximum Gasteiger partial charge on any atom is 0.302 e.